The molecule has 2 unspecified atom stereocenters. The average molecular weight is 691 g/mol. The van der Waals surface area contributed by atoms with Gasteiger partial charge in [0, 0.05) is 5.92 Å². The summed E-state index contributed by atoms with van der Waals surface area (Å²) in [7, 11) is 0. The fourth-order valence-electron chi connectivity index (χ4n) is 5.29. The van der Waals surface area contributed by atoms with E-state index in [4.69, 9.17) is 0 Å². The van der Waals surface area contributed by atoms with Crippen LogP contribution in [0.1, 0.15) is 126 Å². The van der Waals surface area contributed by atoms with Crippen LogP contribution in [0.2, 0.25) is 0 Å². The lowest BCUT2D eigenvalue weighted by molar-refractivity contribution is 0.374. The van der Waals surface area contributed by atoms with E-state index in [9.17, 15) is 8.78 Å². The van der Waals surface area contributed by atoms with Crippen molar-refractivity contribution in [3.05, 3.63) is 168 Å². The van der Waals surface area contributed by atoms with E-state index in [1.807, 2.05) is 38.1 Å². The Kier molecular flexibility index (Phi) is 19.7. The van der Waals surface area contributed by atoms with Gasteiger partial charge in [-0.15, -0.1) is 13.2 Å². The molecular weight excluding hydrogens is 627 g/mol. The molecule has 0 saturated heterocycles. The SMILES string of the molecule is C=C.C=C(C)c1ccc(CC(C(=C)C)c2ccc(/C=C/C(C)(C)C)cc2)cc1.CCCCC.Cc1ccc(-c2cc(F)c(C)cc2C(C)F)cc1. The predicted molar refractivity (Wildman–Crippen MR) is 225 cm³/mol. The molecule has 4 aromatic carbocycles. The number of hydrogen-bond acceptors (Lipinski definition) is 0. The van der Waals surface area contributed by atoms with Crippen LogP contribution in [0.25, 0.3) is 22.8 Å². The summed E-state index contributed by atoms with van der Waals surface area (Å²) < 4.78 is 27.3. The maximum atomic E-state index is 13.7. The van der Waals surface area contributed by atoms with E-state index >= 15 is 0 Å². The summed E-state index contributed by atoms with van der Waals surface area (Å²) in [6.07, 6.45) is 8.40. The Labute approximate surface area is 310 Å². The molecule has 2 atom stereocenters. The van der Waals surface area contributed by atoms with Crippen molar-refractivity contribution in [3.63, 3.8) is 0 Å². The second-order valence-corrected chi connectivity index (χ2v) is 14.5. The summed E-state index contributed by atoms with van der Waals surface area (Å²) in [6, 6.07) is 28.3. The normalized spacial score (nSPS) is 11.9. The van der Waals surface area contributed by atoms with Crippen molar-refractivity contribution >= 4 is 11.6 Å². The molecule has 0 aromatic heterocycles. The number of halogens is 2. The van der Waals surface area contributed by atoms with Crippen molar-refractivity contribution in [3.8, 4) is 11.1 Å². The van der Waals surface area contributed by atoms with Gasteiger partial charge in [-0.05, 0) is 103 Å². The highest BCUT2D eigenvalue weighted by molar-refractivity contribution is 5.69. The van der Waals surface area contributed by atoms with Gasteiger partial charge in [0.25, 0.3) is 0 Å². The van der Waals surface area contributed by atoms with Gasteiger partial charge in [0.1, 0.15) is 12.0 Å². The quantitative estimate of drug-likeness (QED) is 0.145. The number of aryl methyl sites for hydroxylation is 2. The van der Waals surface area contributed by atoms with Crippen LogP contribution in [0.4, 0.5) is 8.78 Å². The highest BCUT2D eigenvalue weighted by Gasteiger charge is 2.15. The molecule has 0 spiro atoms. The molecule has 0 radical (unpaired) electrons. The van der Waals surface area contributed by atoms with Crippen LogP contribution in [0.15, 0.2) is 123 Å². The minimum absolute atomic E-state index is 0.203. The summed E-state index contributed by atoms with van der Waals surface area (Å²) in [4.78, 5) is 0. The largest absolute Gasteiger partial charge is 0.243 e. The molecule has 0 fully saturated rings. The first-order chi connectivity index (χ1) is 24.1. The number of allylic oxidation sites excluding steroid dienone is 3. The lowest BCUT2D eigenvalue weighted by Gasteiger charge is -2.18. The Morgan fingerprint density at radius 2 is 1.35 bits per heavy atom. The van der Waals surface area contributed by atoms with Crippen molar-refractivity contribution in [2.45, 2.75) is 107 Å². The number of hydrogen-bond donors (Lipinski definition) is 0. The number of unbranched alkanes of at least 4 members (excludes halogenated alkanes) is 2. The van der Waals surface area contributed by atoms with E-state index in [0.29, 0.717) is 22.6 Å². The Morgan fingerprint density at radius 1 is 0.804 bits per heavy atom. The van der Waals surface area contributed by atoms with Gasteiger partial charge in [-0.25, -0.2) is 8.78 Å². The highest BCUT2D eigenvalue weighted by Crippen LogP contribution is 2.33. The smallest absolute Gasteiger partial charge is 0.126 e. The minimum Gasteiger partial charge on any atom is -0.243 e. The molecule has 4 rings (SSSR count). The van der Waals surface area contributed by atoms with Gasteiger partial charge in [-0.3, -0.25) is 0 Å². The molecule has 0 heterocycles. The zero-order chi connectivity index (χ0) is 38.7. The van der Waals surface area contributed by atoms with Gasteiger partial charge in [0.05, 0.1) is 0 Å². The van der Waals surface area contributed by atoms with Crippen LogP contribution in [0, 0.1) is 25.1 Å². The zero-order valence-electron chi connectivity index (χ0n) is 33.3. The molecule has 0 N–H and O–H groups in total. The molecule has 2 heteroatoms. The molecule has 274 valence electrons. The molecule has 0 saturated carbocycles. The first-order valence-corrected chi connectivity index (χ1v) is 18.3. The van der Waals surface area contributed by atoms with Crippen LogP contribution in [0.5, 0.6) is 0 Å². The Balaban J connectivity index is 0.000000450. The standard InChI is InChI=1S/C26H32.C16H16F2.C5H12.C2H4/c1-19(2)23-12-10-22(11-13-23)18-25(20(3)4)24-14-8-21(9-15-24)16-17-26(5,6)7;1-10-4-6-13(7-5-10)15-9-16(18)11(2)8-14(15)12(3)17;1-3-5-4-2;1-2/h8-17,25H,1,3,18H2,2,4-7H3;4-9,12H,1-3H3;3-5H2,1-2H3;1-2H2/b17-16+;;;. The van der Waals surface area contributed by atoms with Crippen molar-refractivity contribution in [2.24, 2.45) is 5.41 Å². The summed E-state index contributed by atoms with van der Waals surface area (Å²) in [5, 5.41) is 0. The van der Waals surface area contributed by atoms with Gasteiger partial charge in [-0.1, -0.05) is 169 Å². The van der Waals surface area contributed by atoms with Crippen LogP contribution in [-0.4, -0.2) is 0 Å². The Bertz CT molecular complexity index is 1640. The summed E-state index contributed by atoms with van der Waals surface area (Å²) >= 11 is 0. The van der Waals surface area contributed by atoms with Gasteiger partial charge in [-0.2, -0.15) is 0 Å². The molecule has 0 aliphatic rings. The first kappa shape index (κ1) is 44.7. The van der Waals surface area contributed by atoms with Gasteiger partial charge >= 0.3 is 0 Å². The highest BCUT2D eigenvalue weighted by atomic mass is 19.1. The molecule has 51 heavy (non-hydrogen) atoms. The third-order valence-corrected chi connectivity index (χ3v) is 8.43. The second-order valence-electron chi connectivity index (χ2n) is 14.5. The predicted octanol–water partition coefficient (Wildman–Crippen LogP) is 15.8. The minimum atomic E-state index is -1.11. The molecule has 0 nitrogen and oxygen atoms in total. The fourth-order valence-corrected chi connectivity index (χ4v) is 5.29. The van der Waals surface area contributed by atoms with Crippen molar-refractivity contribution in [2.75, 3.05) is 0 Å². The zero-order valence-corrected chi connectivity index (χ0v) is 33.3. The maximum absolute atomic E-state index is 13.7. The monoisotopic (exact) mass is 690 g/mol. The van der Waals surface area contributed by atoms with Crippen molar-refractivity contribution < 1.29 is 8.78 Å². The summed E-state index contributed by atoms with van der Waals surface area (Å²) in [5.74, 6) is 0.0429. The van der Waals surface area contributed by atoms with Crippen LogP contribution in [0.3, 0.4) is 0 Å². The van der Waals surface area contributed by atoms with Crippen LogP contribution in [-0.2, 0) is 6.42 Å². The molecule has 4 aromatic rings. The average Bonchev–Trinajstić information content (AvgIpc) is 3.09. The number of rotatable bonds is 10. The first-order valence-electron chi connectivity index (χ1n) is 18.3. The van der Waals surface area contributed by atoms with E-state index < -0.39 is 6.17 Å². The van der Waals surface area contributed by atoms with E-state index in [1.165, 1.54) is 60.1 Å². The molecule has 0 aliphatic carbocycles. The second kappa shape index (κ2) is 22.5. The molecule has 0 aliphatic heterocycles. The fraction of sp³-hybridized carbons (Fsp3) is 0.347. The Hall–Kier alpha value is -4.30. The lowest BCUT2D eigenvalue weighted by Crippen LogP contribution is -2.04. The molecule has 0 bridgehead atoms. The topological polar surface area (TPSA) is 0 Å². The van der Waals surface area contributed by atoms with Crippen LogP contribution >= 0.6 is 0 Å². The lowest BCUT2D eigenvalue weighted by atomic mass is 9.86. The van der Waals surface area contributed by atoms with E-state index in [-0.39, 0.29) is 11.2 Å². The maximum Gasteiger partial charge on any atom is 0.126 e. The summed E-state index contributed by atoms with van der Waals surface area (Å²) in [6.45, 7) is 34.6. The Morgan fingerprint density at radius 3 is 1.78 bits per heavy atom. The molecule has 0 amide bonds. The van der Waals surface area contributed by atoms with Crippen LogP contribution < -0.4 is 0 Å². The van der Waals surface area contributed by atoms with Gasteiger partial charge < -0.3 is 0 Å². The third-order valence-electron chi connectivity index (χ3n) is 8.43. The van der Waals surface area contributed by atoms with Crippen molar-refractivity contribution in [1.29, 1.82) is 0 Å². The van der Waals surface area contributed by atoms with Crippen molar-refractivity contribution in [1.82, 2.24) is 0 Å². The van der Waals surface area contributed by atoms with E-state index in [0.717, 1.165) is 23.1 Å². The van der Waals surface area contributed by atoms with E-state index in [1.54, 1.807) is 13.0 Å². The number of benzene rings is 4. The number of alkyl halides is 1. The van der Waals surface area contributed by atoms with Gasteiger partial charge in [0.2, 0.25) is 0 Å². The van der Waals surface area contributed by atoms with E-state index in [2.05, 4.69) is 129 Å². The van der Waals surface area contributed by atoms with Gasteiger partial charge in [0.15, 0.2) is 0 Å². The summed E-state index contributed by atoms with van der Waals surface area (Å²) in [5.41, 5.74) is 11.2. The molecular formula is C49H64F2. The third kappa shape index (κ3) is 16.1.